The third kappa shape index (κ3) is 2.65. The Hall–Kier alpha value is -1.76. The minimum absolute atomic E-state index is 0.297. The molecule has 114 valence electrons. The Kier molecular flexibility index (Phi) is 3.99. The highest BCUT2D eigenvalue weighted by molar-refractivity contribution is 7.89. The van der Waals surface area contributed by atoms with Crippen LogP contribution in [0, 0.1) is 0 Å². The van der Waals surface area contributed by atoms with Gasteiger partial charge in [0, 0.05) is 7.05 Å². The second-order valence-electron chi connectivity index (χ2n) is 5.03. The molecule has 1 atom stereocenters. The van der Waals surface area contributed by atoms with E-state index in [-0.39, 0.29) is 6.04 Å². The molecule has 0 fully saturated rings. The van der Waals surface area contributed by atoms with Crippen molar-refractivity contribution in [3.05, 3.63) is 59.6 Å². The topological polar surface area (TPSA) is 50.3 Å². The third-order valence-corrected chi connectivity index (χ3v) is 6.78. The van der Waals surface area contributed by atoms with Gasteiger partial charge in [-0.05, 0) is 31.2 Å². The first-order chi connectivity index (χ1) is 10.5. The van der Waals surface area contributed by atoms with E-state index in [1.165, 1.54) is 15.6 Å². The molecule has 0 aliphatic carbocycles. The summed E-state index contributed by atoms with van der Waals surface area (Å²) in [6, 6.07) is 16.0. The van der Waals surface area contributed by atoms with E-state index in [2.05, 4.69) is 4.98 Å². The molecule has 3 aromatic rings. The summed E-state index contributed by atoms with van der Waals surface area (Å²) < 4.78 is 27.8. The Morgan fingerprint density at radius 1 is 1.05 bits per heavy atom. The van der Waals surface area contributed by atoms with Crippen molar-refractivity contribution in [1.29, 1.82) is 0 Å². The van der Waals surface area contributed by atoms with Crippen LogP contribution < -0.4 is 0 Å². The Labute approximate surface area is 134 Å². The predicted molar refractivity (Wildman–Crippen MR) is 89.4 cm³/mol. The van der Waals surface area contributed by atoms with Gasteiger partial charge in [0.1, 0.15) is 5.01 Å². The number of hydrogen-bond donors (Lipinski definition) is 0. The van der Waals surface area contributed by atoms with Crippen LogP contribution in [0.15, 0.2) is 59.5 Å². The Morgan fingerprint density at radius 2 is 1.68 bits per heavy atom. The zero-order valence-electron chi connectivity index (χ0n) is 12.3. The van der Waals surface area contributed by atoms with Gasteiger partial charge in [0.2, 0.25) is 10.0 Å². The van der Waals surface area contributed by atoms with Crippen LogP contribution in [0.4, 0.5) is 0 Å². The van der Waals surface area contributed by atoms with Crippen molar-refractivity contribution in [2.45, 2.75) is 17.9 Å². The number of thiazole rings is 1. The average molecular weight is 332 g/mol. The van der Waals surface area contributed by atoms with Crippen LogP contribution in [-0.4, -0.2) is 24.8 Å². The van der Waals surface area contributed by atoms with E-state index in [4.69, 9.17) is 0 Å². The normalized spacial score (nSPS) is 13.6. The Balaban J connectivity index is 1.95. The molecule has 0 radical (unpaired) electrons. The van der Waals surface area contributed by atoms with Crippen molar-refractivity contribution in [2.75, 3.05) is 7.05 Å². The molecule has 22 heavy (non-hydrogen) atoms. The SMILES string of the molecule is C[C@@H](c1nc2ccccc2s1)N(C)S(=O)(=O)c1ccccc1. The van der Waals surface area contributed by atoms with Crippen LogP contribution in [0.25, 0.3) is 10.2 Å². The van der Waals surface area contributed by atoms with Crippen LogP contribution in [0.5, 0.6) is 0 Å². The van der Waals surface area contributed by atoms with Crippen LogP contribution in [0.3, 0.4) is 0 Å². The fourth-order valence-electron chi connectivity index (χ4n) is 2.19. The van der Waals surface area contributed by atoms with Crippen molar-refractivity contribution in [3.63, 3.8) is 0 Å². The van der Waals surface area contributed by atoms with E-state index in [0.29, 0.717) is 4.90 Å². The molecule has 1 aromatic heterocycles. The second kappa shape index (κ2) is 5.79. The minimum atomic E-state index is -3.52. The summed E-state index contributed by atoms with van der Waals surface area (Å²) in [5.41, 5.74) is 0.903. The summed E-state index contributed by atoms with van der Waals surface area (Å²) in [6.45, 7) is 1.86. The summed E-state index contributed by atoms with van der Waals surface area (Å²) in [5, 5.41) is 0.795. The van der Waals surface area contributed by atoms with Gasteiger partial charge in [-0.3, -0.25) is 0 Å². The molecule has 0 unspecified atom stereocenters. The number of rotatable bonds is 4. The van der Waals surface area contributed by atoms with Crippen molar-refractivity contribution in [1.82, 2.24) is 9.29 Å². The molecule has 4 nitrogen and oxygen atoms in total. The lowest BCUT2D eigenvalue weighted by Crippen LogP contribution is -2.29. The van der Waals surface area contributed by atoms with Gasteiger partial charge in [0.05, 0.1) is 21.2 Å². The van der Waals surface area contributed by atoms with E-state index in [1.54, 1.807) is 37.4 Å². The van der Waals surface area contributed by atoms with Gasteiger partial charge in [-0.1, -0.05) is 30.3 Å². The number of aromatic nitrogens is 1. The van der Waals surface area contributed by atoms with Crippen LogP contribution in [-0.2, 0) is 10.0 Å². The number of sulfonamides is 1. The third-order valence-electron chi connectivity index (χ3n) is 3.63. The summed E-state index contributed by atoms with van der Waals surface area (Å²) in [4.78, 5) is 4.85. The highest BCUT2D eigenvalue weighted by atomic mass is 32.2. The first-order valence-corrected chi connectivity index (χ1v) is 9.14. The molecule has 0 aliphatic rings. The zero-order chi connectivity index (χ0) is 15.7. The van der Waals surface area contributed by atoms with Crippen molar-refractivity contribution in [3.8, 4) is 0 Å². The molecule has 0 saturated heterocycles. The maximum atomic E-state index is 12.7. The average Bonchev–Trinajstić information content (AvgIpc) is 2.98. The van der Waals surface area contributed by atoms with Crippen molar-refractivity contribution >= 4 is 31.6 Å². The first kappa shape index (κ1) is 15.1. The lowest BCUT2D eigenvalue weighted by molar-refractivity contribution is 0.398. The molecule has 0 amide bonds. The summed E-state index contributed by atoms with van der Waals surface area (Å²) in [7, 11) is -1.93. The standard InChI is InChI=1S/C16H16N2O2S2/c1-12(16-17-14-10-6-7-11-15(14)21-16)18(2)22(19,20)13-8-4-3-5-9-13/h3-12H,1-2H3/t12-/m0/s1. The minimum Gasteiger partial charge on any atom is -0.239 e. The predicted octanol–water partition coefficient (Wildman–Crippen LogP) is 3.68. The quantitative estimate of drug-likeness (QED) is 0.732. The zero-order valence-corrected chi connectivity index (χ0v) is 13.9. The van der Waals surface area contributed by atoms with Gasteiger partial charge in [-0.25, -0.2) is 13.4 Å². The monoisotopic (exact) mass is 332 g/mol. The fourth-order valence-corrected chi connectivity index (χ4v) is 4.67. The highest BCUT2D eigenvalue weighted by Crippen LogP contribution is 2.31. The number of fused-ring (bicyclic) bond motifs is 1. The first-order valence-electron chi connectivity index (χ1n) is 6.88. The molecule has 2 aromatic carbocycles. The van der Waals surface area contributed by atoms with Gasteiger partial charge in [-0.15, -0.1) is 11.3 Å². The molecule has 1 heterocycles. The molecule has 0 N–H and O–H groups in total. The number of para-hydroxylation sites is 1. The number of benzene rings is 2. The smallest absolute Gasteiger partial charge is 0.239 e. The van der Waals surface area contributed by atoms with E-state index < -0.39 is 10.0 Å². The van der Waals surface area contributed by atoms with Crippen molar-refractivity contribution < 1.29 is 8.42 Å². The molecule has 3 rings (SSSR count). The summed E-state index contributed by atoms with van der Waals surface area (Å²) >= 11 is 1.53. The van der Waals surface area contributed by atoms with Gasteiger partial charge >= 0.3 is 0 Å². The molecule has 0 saturated carbocycles. The van der Waals surface area contributed by atoms with E-state index >= 15 is 0 Å². The maximum Gasteiger partial charge on any atom is 0.243 e. The summed E-state index contributed by atoms with van der Waals surface area (Å²) in [5.74, 6) is 0. The van der Waals surface area contributed by atoms with Crippen LogP contribution >= 0.6 is 11.3 Å². The highest BCUT2D eigenvalue weighted by Gasteiger charge is 2.27. The van der Waals surface area contributed by atoms with Gasteiger partial charge in [-0.2, -0.15) is 4.31 Å². The van der Waals surface area contributed by atoms with Crippen molar-refractivity contribution in [2.24, 2.45) is 0 Å². The van der Waals surface area contributed by atoms with Gasteiger partial charge in [0.25, 0.3) is 0 Å². The molecular weight excluding hydrogens is 316 g/mol. The molecule has 6 heteroatoms. The largest absolute Gasteiger partial charge is 0.243 e. The lowest BCUT2D eigenvalue weighted by atomic mass is 10.3. The fraction of sp³-hybridized carbons (Fsp3) is 0.188. The molecule has 0 bridgehead atoms. The van der Waals surface area contributed by atoms with E-state index in [0.717, 1.165) is 15.2 Å². The van der Waals surface area contributed by atoms with E-state index in [9.17, 15) is 8.42 Å². The molecule has 0 aliphatic heterocycles. The van der Waals surface area contributed by atoms with Gasteiger partial charge < -0.3 is 0 Å². The van der Waals surface area contributed by atoms with E-state index in [1.807, 2.05) is 31.2 Å². The Morgan fingerprint density at radius 3 is 2.36 bits per heavy atom. The van der Waals surface area contributed by atoms with Gasteiger partial charge in [0.15, 0.2) is 0 Å². The second-order valence-corrected chi connectivity index (χ2v) is 8.09. The lowest BCUT2D eigenvalue weighted by Gasteiger charge is -2.22. The number of nitrogens with zero attached hydrogens (tertiary/aromatic N) is 2. The molecular formula is C16H16N2O2S2. The Bertz CT molecular complexity index is 856. The maximum absolute atomic E-state index is 12.7. The number of hydrogen-bond acceptors (Lipinski definition) is 4. The summed E-state index contributed by atoms with van der Waals surface area (Å²) in [6.07, 6.45) is 0. The van der Waals surface area contributed by atoms with Crippen LogP contribution in [0.2, 0.25) is 0 Å². The molecule has 0 spiro atoms. The van der Waals surface area contributed by atoms with Crippen LogP contribution in [0.1, 0.15) is 18.0 Å².